The number of carbonyl (C=O) groups is 3. The molecule has 0 saturated carbocycles. The molecule has 2 aromatic carbocycles. The largest absolute Gasteiger partial charge is 0.341 e. The number of carbonyl (C=O) groups excluding carboxylic acids is 3. The fraction of sp³-hybridized carbons (Fsp3) is 0.423. The Morgan fingerprint density at radius 3 is 2.35 bits per heavy atom. The fourth-order valence-electron chi connectivity index (χ4n) is 4.61. The number of urea groups is 1. The van der Waals surface area contributed by atoms with Gasteiger partial charge in [0.05, 0.1) is 5.92 Å². The third-order valence-corrected chi connectivity index (χ3v) is 6.76. The number of nitrogens with zero attached hydrogens (tertiary/aromatic N) is 3. The van der Waals surface area contributed by atoms with E-state index in [0.29, 0.717) is 62.0 Å². The summed E-state index contributed by atoms with van der Waals surface area (Å²) in [4.78, 5) is 44.4. The Hall–Kier alpha value is -3.06. The lowest BCUT2D eigenvalue weighted by Gasteiger charge is -2.35. The maximum absolute atomic E-state index is 13.3. The van der Waals surface area contributed by atoms with E-state index in [4.69, 9.17) is 11.6 Å². The highest BCUT2D eigenvalue weighted by atomic mass is 35.5. The van der Waals surface area contributed by atoms with Crippen LogP contribution in [0.2, 0.25) is 5.02 Å². The lowest BCUT2D eigenvalue weighted by molar-refractivity contribution is -0.136. The number of halogens is 1. The predicted octanol–water partition coefficient (Wildman–Crippen LogP) is 4.27. The minimum absolute atomic E-state index is 0.0165. The number of benzene rings is 2. The monoisotopic (exact) mass is 482 g/mol. The lowest BCUT2D eigenvalue weighted by Crippen LogP contribution is -2.47. The number of likely N-dealkylation sites (tertiary alicyclic amines) is 1. The molecule has 2 saturated heterocycles. The van der Waals surface area contributed by atoms with Crippen LogP contribution < -0.4 is 5.32 Å². The Kier molecular flexibility index (Phi) is 7.73. The Morgan fingerprint density at radius 1 is 0.882 bits per heavy atom. The van der Waals surface area contributed by atoms with Crippen molar-refractivity contribution >= 4 is 35.1 Å². The summed E-state index contributed by atoms with van der Waals surface area (Å²) in [6, 6.07) is 14.4. The summed E-state index contributed by atoms with van der Waals surface area (Å²) in [5, 5.41) is 3.44. The first kappa shape index (κ1) is 24.1. The molecule has 0 bridgehead atoms. The van der Waals surface area contributed by atoms with Crippen LogP contribution in [0.3, 0.4) is 0 Å². The number of hydrogen-bond donors (Lipinski definition) is 1. The highest BCUT2D eigenvalue weighted by molar-refractivity contribution is 6.30. The van der Waals surface area contributed by atoms with Gasteiger partial charge in [0.1, 0.15) is 0 Å². The first-order valence-electron chi connectivity index (χ1n) is 11.9. The first-order valence-corrected chi connectivity index (χ1v) is 12.2. The summed E-state index contributed by atoms with van der Waals surface area (Å²) in [5.74, 6) is -0.134. The molecule has 2 aliphatic heterocycles. The van der Waals surface area contributed by atoms with Crippen LogP contribution in [0.4, 0.5) is 10.5 Å². The predicted molar refractivity (Wildman–Crippen MR) is 133 cm³/mol. The Balaban J connectivity index is 1.32. The molecule has 4 rings (SSSR count). The Morgan fingerprint density at radius 2 is 1.59 bits per heavy atom. The normalized spacial score (nSPS) is 18.9. The SMILES string of the molecule is Cc1ccc(C(=O)N2CCCC(C(=O)N3CCCN(C(=O)Nc4cccc(Cl)c4)CC3)C2)cc1. The van der Waals surface area contributed by atoms with Crippen molar-refractivity contribution in [3.63, 3.8) is 0 Å². The van der Waals surface area contributed by atoms with E-state index in [1.165, 1.54) is 0 Å². The van der Waals surface area contributed by atoms with Crippen LogP contribution in [0.1, 0.15) is 35.2 Å². The Bertz CT molecular complexity index is 1040. The molecule has 8 heteroatoms. The summed E-state index contributed by atoms with van der Waals surface area (Å²) in [7, 11) is 0. The standard InChI is InChI=1S/C26H31ClN4O3/c1-19-8-10-20(11-9-19)24(32)31-12-3-5-21(18-31)25(33)29-13-4-14-30(16-15-29)26(34)28-23-7-2-6-22(27)17-23/h2,6-11,17,21H,3-5,12-16,18H2,1H3,(H,28,34). The van der Waals surface area contributed by atoms with Crippen molar-refractivity contribution in [2.75, 3.05) is 44.6 Å². The van der Waals surface area contributed by atoms with Crippen LogP contribution in [0, 0.1) is 12.8 Å². The number of nitrogens with one attached hydrogen (secondary N) is 1. The van der Waals surface area contributed by atoms with Crippen LogP contribution in [-0.4, -0.2) is 71.8 Å². The van der Waals surface area contributed by atoms with E-state index >= 15 is 0 Å². The molecular formula is C26H31ClN4O3. The zero-order chi connectivity index (χ0) is 24.1. The van der Waals surface area contributed by atoms with Crippen molar-refractivity contribution in [1.29, 1.82) is 0 Å². The molecule has 0 aromatic heterocycles. The summed E-state index contributed by atoms with van der Waals surface area (Å²) in [5.41, 5.74) is 2.42. The number of piperidine rings is 1. The number of anilines is 1. The van der Waals surface area contributed by atoms with E-state index in [0.717, 1.165) is 18.4 Å². The van der Waals surface area contributed by atoms with Gasteiger partial charge in [0.2, 0.25) is 5.91 Å². The maximum atomic E-state index is 13.3. The minimum atomic E-state index is -0.199. The molecule has 1 unspecified atom stereocenters. The van der Waals surface area contributed by atoms with Gasteiger partial charge in [0.25, 0.3) is 5.91 Å². The topological polar surface area (TPSA) is 73.0 Å². The minimum Gasteiger partial charge on any atom is -0.341 e. The molecule has 0 spiro atoms. The summed E-state index contributed by atoms with van der Waals surface area (Å²) in [6.45, 7) is 5.27. The zero-order valence-corrected chi connectivity index (χ0v) is 20.3. The van der Waals surface area contributed by atoms with Crippen molar-refractivity contribution in [3.05, 3.63) is 64.7 Å². The van der Waals surface area contributed by atoms with Crippen LogP contribution in [0.15, 0.2) is 48.5 Å². The van der Waals surface area contributed by atoms with Crippen LogP contribution in [0.5, 0.6) is 0 Å². The number of aryl methyl sites for hydroxylation is 1. The van der Waals surface area contributed by atoms with Crippen LogP contribution >= 0.6 is 11.6 Å². The highest BCUT2D eigenvalue weighted by Crippen LogP contribution is 2.22. The molecule has 2 aliphatic rings. The molecule has 4 amide bonds. The van der Waals surface area contributed by atoms with Gasteiger partial charge in [0, 0.05) is 55.5 Å². The molecular weight excluding hydrogens is 452 g/mol. The molecule has 34 heavy (non-hydrogen) atoms. The van der Waals surface area contributed by atoms with E-state index < -0.39 is 0 Å². The molecule has 1 atom stereocenters. The lowest BCUT2D eigenvalue weighted by atomic mass is 9.95. The second kappa shape index (κ2) is 10.9. The summed E-state index contributed by atoms with van der Waals surface area (Å²) >= 11 is 6.01. The average molecular weight is 483 g/mol. The molecule has 7 nitrogen and oxygen atoms in total. The van der Waals surface area contributed by atoms with Gasteiger partial charge in [0.15, 0.2) is 0 Å². The zero-order valence-electron chi connectivity index (χ0n) is 19.5. The van der Waals surface area contributed by atoms with Crippen molar-refractivity contribution < 1.29 is 14.4 Å². The van der Waals surface area contributed by atoms with E-state index in [1.807, 2.05) is 36.1 Å². The Labute approximate surface area is 205 Å². The number of rotatable bonds is 3. The maximum Gasteiger partial charge on any atom is 0.321 e. The van der Waals surface area contributed by atoms with E-state index in [1.54, 1.807) is 34.1 Å². The molecule has 2 aromatic rings. The van der Waals surface area contributed by atoms with Crippen molar-refractivity contribution in [2.24, 2.45) is 5.92 Å². The van der Waals surface area contributed by atoms with Gasteiger partial charge >= 0.3 is 6.03 Å². The number of hydrogen-bond acceptors (Lipinski definition) is 3. The van der Waals surface area contributed by atoms with Gasteiger partial charge in [-0.2, -0.15) is 0 Å². The van der Waals surface area contributed by atoms with Crippen LogP contribution in [0.25, 0.3) is 0 Å². The molecule has 0 aliphatic carbocycles. The third kappa shape index (κ3) is 5.89. The fourth-order valence-corrected chi connectivity index (χ4v) is 4.80. The number of amides is 4. The average Bonchev–Trinajstić information content (AvgIpc) is 3.10. The van der Waals surface area contributed by atoms with Gasteiger partial charge in [-0.25, -0.2) is 4.79 Å². The van der Waals surface area contributed by atoms with Gasteiger partial charge in [-0.3, -0.25) is 9.59 Å². The highest BCUT2D eigenvalue weighted by Gasteiger charge is 2.32. The molecule has 2 heterocycles. The summed E-state index contributed by atoms with van der Waals surface area (Å²) < 4.78 is 0. The second-order valence-corrected chi connectivity index (χ2v) is 9.50. The van der Waals surface area contributed by atoms with Gasteiger partial charge in [-0.15, -0.1) is 0 Å². The van der Waals surface area contributed by atoms with Gasteiger partial charge < -0.3 is 20.0 Å². The van der Waals surface area contributed by atoms with Crippen LogP contribution in [-0.2, 0) is 4.79 Å². The molecule has 180 valence electrons. The van der Waals surface area contributed by atoms with E-state index in [9.17, 15) is 14.4 Å². The molecule has 2 fully saturated rings. The van der Waals surface area contributed by atoms with Gasteiger partial charge in [-0.1, -0.05) is 35.4 Å². The second-order valence-electron chi connectivity index (χ2n) is 9.06. The van der Waals surface area contributed by atoms with E-state index in [2.05, 4.69) is 5.32 Å². The van der Waals surface area contributed by atoms with Crippen molar-refractivity contribution in [1.82, 2.24) is 14.7 Å². The molecule has 0 radical (unpaired) electrons. The van der Waals surface area contributed by atoms with Crippen molar-refractivity contribution in [2.45, 2.75) is 26.2 Å². The third-order valence-electron chi connectivity index (χ3n) is 6.53. The quantitative estimate of drug-likeness (QED) is 0.710. The van der Waals surface area contributed by atoms with E-state index in [-0.39, 0.29) is 23.8 Å². The summed E-state index contributed by atoms with van der Waals surface area (Å²) in [6.07, 6.45) is 2.31. The molecule has 1 N–H and O–H groups in total. The first-order chi connectivity index (χ1) is 16.4. The van der Waals surface area contributed by atoms with Crippen molar-refractivity contribution in [3.8, 4) is 0 Å². The smallest absolute Gasteiger partial charge is 0.321 e. The van der Waals surface area contributed by atoms with Gasteiger partial charge in [-0.05, 0) is 56.5 Å².